The molecule has 8 atom stereocenters. The predicted octanol–water partition coefficient (Wildman–Crippen LogP) is 1.14. The summed E-state index contributed by atoms with van der Waals surface area (Å²) >= 11 is 0. The van der Waals surface area contributed by atoms with Crippen LogP contribution in [-0.4, -0.2) is 97.4 Å². The number of aromatic hydroxyl groups is 1. The minimum absolute atomic E-state index is 0.0613. The molecular formula is C28H35NO10S2. The molecule has 0 spiro atoms. The van der Waals surface area contributed by atoms with Crippen molar-refractivity contribution in [1.29, 1.82) is 0 Å². The zero-order valence-corrected chi connectivity index (χ0v) is 24.2. The Morgan fingerprint density at radius 1 is 1.17 bits per heavy atom. The second kappa shape index (κ2) is 11.9. The number of Topliss-reactive ketones (excluding diaryl/α,β-unsaturated/α-hetero) is 1. The van der Waals surface area contributed by atoms with E-state index < -0.39 is 48.8 Å². The Labute approximate surface area is 244 Å². The Kier molecular flexibility index (Phi) is 8.82. The first-order chi connectivity index (χ1) is 19.5. The lowest BCUT2D eigenvalue weighted by molar-refractivity contribution is -0.304. The van der Waals surface area contributed by atoms with Gasteiger partial charge in [-0.1, -0.05) is 33.7 Å². The molecule has 41 heavy (non-hydrogen) atoms. The molecule has 2 aromatic carbocycles. The summed E-state index contributed by atoms with van der Waals surface area (Å²) in [4.78, 5) is 13.3. The van der Waals surface area contributed by atoms with E-state index in [2.05, 4.69) is 0 Å². The van der Waals surface area contributed by atoms with Gasteiger partial charge in [0.2, 0.25) is 6.29 Å². The van der Waals surface area contributed by atoms with Gasteiger partial charge in [-0.2, -0.15) is 0 Å². The first-order valence-corrected chi connectivity index (χ1v) is 15.8. The van der Waals surface area contributed by atoms with Gasteiger partial charge in [0.1, 0.15) is 47.3 Å². The normalized spacial score (nSPS) is 34.3. The molecule has 11 nitrogen and oxygen atoms in total. The molecule has 0 unspecified atom stereocenters. The number of aliphatic hydroxyl groups excluding tert-OH is 4. The van der Waals surface area contributed by atoms with Gasteiger partial charge in [-0.3, -0.25) is 4.79 Å². The van der Waals surface area contributed by atoms with Crippen LogP contribution >= 0.6 is 21.6 Å². The standard InChI is InChI=1S/C28H35NO10S2/c1-12-7-15-16(10-30)18(37-2)9-19-21(15)22(32)20(12)17(31)4-6-40-41-11-13-8-14(29)3-5-28(13,36)26-24(34)23(33)25(35)27(38-19)39-26/h3,5,7,9,13-14,23-27,30,32-36H,4,6,8,10-11,29H2,1-2H3/t13-,14+,23+,24+,25-,26-,27+,28+/m1/s1. The van der Waals surface area contributed by atoms with Crippen molar-refractivity contribution >= 4 is 38.1 Å². The highest BCUT2D eigenvalue weighted by molar-refractivity contribution is 8.76. The highest BCUT2D eigenvalue weighted by atomic mass is 33.1. The highest BCUT2D eigenvalue weighted by Crippen LogP contribution is 2.46. The molecular weight excluding hydrogens is 574 g/mol. The van der Waals surface area contributed by atoms with Crippen LogP contribution in [0.25, 0.3) is 10.8 Å². The Bertz CT molecular complexity index is 1360. The molecule has 5 rings (SSSR count). The van der Waals surface area contributed by atoms with E-state index in [1.165, 1.54) is 40.8 Å². The van der Waals surface area contributed by atoms with E-state index in [1.807, 2.05) is 0 Å². The molecule has 2 aromatic rings. The van der Waals surface area contributed by atoms with E-state index in [9.17, 15) is 35.4 Å². The van der Waals surface area contributed by atoms with Gasteiger partial charge in [0.15, 0.2) is 5.78 Å². The van der Waals surface area contributed by atoms with Gasteiger partial charge >= 0.3 is 0 Å². The Morgan fingerprint density at radius 3 is 2.63 bits per heavy atom. The zero-order chi connectivity index (χ0) is 29.6. The lowest BCUT2D eigenvalue weighted by Crippen LogP contribution is -2.67. The number of carbonyl (C=O) groups is 1. The van der Waals surface area contributed by atoms with E-state index in [-0.39, 0.29) is 46.4 Å². The van der Waals surface area contributed by atoms with Crippen LogP contribution in [0.3, 0.4) is 0 Å². The van der Waals surface area contributed by atoms with Crippen LogP contribution in [0.2, 0.25) is 0 Å². The third-order valence-electron chi connectivity index (χ3n) is 8.14. The van der Waals surface area contributed by atoms with Gasteiger partial charge in [0.25, 0.3) is 0 Å². The summed E-state index contributed by atoms with van der Waals surface area (Å²) < 4.78 is 17.6. The van der Waals surface area contributed by atoms with Gasteiger partial charge in [0.05, 0.1) is 24.7 Å². The number of phenols is 1. The average molecular weight is 610 g/mol. The molecule has 0 amide bonds. The third-order valence-corrected chi connectivity index (χ3v) is 10.6. The van der Waals surface area contributed by atoms with Crippen molar-refractivity contribution in [3.05, 3.63) is 41.0 Å². The molecule has 3 aliphatic rings. The van der Waals surface area contributed by atoms with E-state index in [4.69, 9.17) is 19.9 Å². The Balaban J connectivity index is 1.70. The smallest absolute Gasteiger partial charge is 0.229 e. The number of aliphatic hydroxyl groups is 5. The summed E-state index contributed by atoms with van der Waals surface area (Å²) in [6.45, 7) is 1.24. The quantitative estimate of drug-likeness (QED) is 0.190. The number of ether oxygens (including phenoxy) is 3. The summed E-state index contributed by atoms with van der Waals surface area (Å²) in [5.41, 5.74) is 5.32. The van der Waals surface area contributed by atoms with E-state index in [0.717, 1.165) is 0 Å². The van der Waals surface area contributed by atoms with E-state index in [1.54, 1.807) is 19.1 Å². The fourth-order valence-corrected chi connectivity index (χ4v) is 8.36. The number of benzene rings is 2. The summed E-state index contributed by atoms with van der Waals surface area (Å²) in [5, 5.41) is 66.7. The highest BCUT2D eigenvalue weighted by Gasteiger charge is 2.56. The maximum atomic E-state index is 13.3. The van der Waals surface area contributed by atoms with E-state index in [0.29, 0.717) is 34.4 Å². The maximum Gasteiger partial charge on any atom is 0.229 e. The molecule has 4 bridgehead atoms. The van der Waals surface area contributed by atoms with E-state index >= 15 is 0 Å². The molecule has 2 heterocycles. The van der Waals surface area contributed by atoms with Gasteiger partial charge in [-0.25, -0.2) is 0 Å². The first kappa shape index (κ1) is 30.4. The molecule has 2 aliphatic heterocycles. The van der Waals surface area contributed by atoms with Crippen molar-refractivity contribution in [1.82, 2.24) is 0 Å². The van der Waals surface area contributed by atoms with Gasteiger partial charge in [-0.05, 0) is 30.4 Å². The number of rotatable bonds is 2. The zero-order valence-electron chi connectivity index (χ0n) is 22.6. The topological polar surface area (TPSA) is 192 Å². The molecule has 1 fully saturated rings. The summed E-state index contributed by atoms with van der Waals surface area (Å²) in [5.74, 6) is -0.189. The van der Waals surface area contributed by atoms with Crippen LogP contribution in [0.1, 0.15) is 34.3 Å². The Hall–Kier alpha value is -2.07. The lowest BCUT2D eigenvalue weighted by atomic mass is 9.72. The van der Waals surface area contributed by atoms with Crippen LogP contribution in [-0.2, 0) is 11.3 Å². The number of methoxy groups -OCH3 is 1. The SMILES string of the molecule is COc1cc2c3c(O)c(c(C)cc3c1CO)C(=O)CCSSC[C@H]1C[C@@H](N)C=C[C@@]1(O)[C@@H]1O[C@H](O2)[C@H](O)[C@@H](O)[C@@H]1O. The second-order valence-corrected chi connectivity index (χ2v) is 13.3. The minimum atomic E-state index is -1.77. The van der Waals surface area contributed by atoms with Crippen LogP contribution in [0.5, 0.6) is 17.2 Å². The van der Waals surface area contributed by atoms with Crippen LogP contribution in [0.15, 0.2) is 24.3 Å². The number of nitrogens with two attached hydrogens (primary N) is 1. The predicted molar refractivity (Wildman–Crippen MR) is 154 cm³/mol. The molecule has 0 aromatic heterocycles. The van der Waals surface area contributed by atoms with Crippen LogP contribution in [0.4, 0.5) is 0 Å². The third kappa shape index (κ3) is 5.32. The monoisotopic (exact) mass is 609 g/mol. The first-order valence-electron chi connectivity index (χ1n) is 13.3. The van der Waals surface area contributed by atoms with Crippen molar-refractivity contribution in [2.45, 2.75) is 68.7 Å². The summed E-state index contributed by atoms with van der Waals surface area (Å²) in [7, 11) is 4.25. The molecule has 8 N–H and O–H groups in total. The fraction of sp³-hybridized carbons (Fsp3) is 0.536. The molecule has 224 valence electrons. The number of phenolic OH excluding ortho intramolecular Hbond substituents is 1. The molecule has 1 saturated heterocycles. The molecule has 0 radical (unpaired) electrons. The van der Waals surface area contributed by atoms with Crippen molar-refractivity contribution in [3.63, 3.8) is 0 Å². The fourth-order valence-electron chi connectivity index (χ4n) is 5.93. The van der Waals surface area contributed by atoms with Crippen molar-refractivity contribution in [2.24, 2.45) is 11.7 Å². The van der Waals surface area contributed by atoms with Crippen LogP contribution in [0, 0.1) is 12.8 Å². The molecule has 0 saturated carbocycles. The number of aryl methyl sites for hydroxylation is 1. The van der Waals surface area contributed by atoms with Gasteiger partial charge < -0.3 is 50.6 Å². The maximum absolute atomic E-state index is 13.3. The van der Waals surface area contributed by atoms with Gasteiger partial charge in [0, 0.05) is 41.5 Å². The molecule has 1 aliphatic carbocycles. The lowest BCUT2D eigenvalue weighted by Gasteiger charge is -2.49. The number of fused-ring (bicyclic) bond motifs is 5. The summed E-state index contributed by atoms with van der Waals surface area (Å²) in [6.07, 6.45) is -4.63. The van der Waals surface area contributed by atoms with Gasteiger partial charge in [-0.15, -0.1) is 0 Å². The van der Waals surface area contributed by atoms with Crippen LogP contribution < -0.4 is 15.2 Å². The number of carbonyl (C=O) groups excluding carboxylic acids is 1. The minimum Gasteiger partial charge on any atom is -0.506 e. The van der Waals surface area contributed by atoms with Crippen molar-refractivity contribution < 1.29 is 49.6 Å². The Morgan fingerprint density at radius 2 is 1.93 bits per heavy atom. The largest absolute Gasteiger partial charge is 0.506 e. The molecule has 13 heteroatoms. The van der Waals surface area contributed by atoms with Crippen molar-refractivity contribution in [2.75, 3.05) is 18.6 Å². The number of ketones is 1. The number of hydrogen-bond acceptors (Lipinski definition) is 13. The summed E-state index contributed by atoms with van der Waals surface area (Å²) in [6, 6.07) is 2.69. The average Bonchev–Trinajstić information content (AvgIpc) is 2.93. The van der Waals surface area contributed by atoms with Crippen molar-refractivity contribution in [3.8, 4) is 17.2 Å². The number of hydrogen-bond donors (Lipinski definition) is 7. The second-order valence-electron chi connectivity index (χ2n) is 10.7.